The van der Waals surface area contributed by atoms with E-state index < -0.39 is 0 Å². The molecule has 5 heteroatoms. The first kappa shape index (κ1) is 24.3. The summed E-state index contributed by atoms with van der Waals surface area (Å²) < 4.78 is 5.40. The number of ketones is 1. The Morgan fingerprint density at radius 2 is 1.83 bits per heavy atom. The molecule has 0 aliphatic carbocycles. The second-order valence-corrected chi connectivity index (χ2v) is 9.57. The molecule has 3 aromatic rings. The highest BCUT2D eigenvalue weighted by Gasteiger charge is 2.28. The van der Waals surface area contributed by atoms with Crippen LogP contribution in [-0.2, 0) is 11.2 Å². The van der Waals surface area contributed by atoms with Gasteiger partial charge in [0.05, 0.1) is 13.0 Å². The van der Waals surface area contributed by atoms with Crippen LogP contribution < -0.4 is 15.4 Å². The molecule has 1 unspecified atom stereocenters. The Bertz CT molecular complexity index is 1260. The number of nitrogens with one attached hydrogen (secondary N) is 2. The van der Waals surface area contributed by atoms with Gasteiger partial charge >= 0.3 is 0 Å². The van der Waals surface area contributed by atoms with Crippen molar-refractivity contribution in [2.75, 3.05) is 12.4 Å². The molecular formula is C30H32N2O3. The quantitative estimate of drug-likeness (QED) is 0.331. The van der Waals surface area contributed by atoms with Crippen molar-refractivity contribution in [3.63, 3.8) is 0 Å². The van der Waals surface area contributed by atoms with Crippen LogP contribution >= 0.6 is 0 Å². The molecule has 0 bridgehead atoms. The summed E-state index contributed by atoms with van der Waals surface area (Å²) in [5.74, 6) is 0.276. The number of hydrogen-bond acceptors (Lipinski definition) is 4. The van der Waals surface area contributed by atoms with Gasteiger partial charge in [-0.05, 0) is 62.1 Å². The topological polar surface area (TPSA) is 67.4 Å². The van der Waals surface area contributed by atoms with Crippen LogP contribution in [-0.4, -0.2) is 24.3 Å². The predicted octanol–water partition coefficient (Wildman–Crippen LogP) is 5.98. The van der Waals surface area contributed by atoms with Crippen LogP contribution in [0.5, 0.6) is 5.75 Å². The van der Waals surface area contributed by atoms with Gasteiger partial charge in [-0.2, -0.15) is 0 Å². The van der Waals surface area contributed by atoms with Crippen LogP contribution in [0, 0.1) is 0 Å². The monoisotopic (exact) mass is 468 g/mol. The Morgan fingerprint density at radius 1 is 1.06 bits per heavy atom. The van der Waals surface area contributed by atoms with Crippen molar-refractivity contribution in [2.24, 2.45) is 0 Å². The Morgan fingerprint density at radius 3 is 2.54 bits per heavy atom. The van der Waals surface area contributed by atoms with E-state index >= 15 is 0 Å². The maximum absolute atomic E-state index is 13.3. The highest BCUT2D eigenvalue weighted by molar-refractivity contribution is 6.09. The van der Waals surface area contributed by atoms with Crippen LogP contribution in [0.25, 0.3) is 5.70 Å². The Hall–Kier alpha value is -3.86. The minimum Gasteiger partial charge on any atom is -0.497 e. The van der Waals surface area contributed by atoms with Crippen molar-refractivity contribution in [1.82, 2.24) is 5.32 Å². The van der Waals surface area contributed by atoms with Gasteiger partial charge in [-0.3, -0.25) is 9.59 Å². The normalized spacial score (nSPS) is 16.1. The maximum atomic E-state index is 13.3. The second kappa shape index (κ2) is 10.2. The SMILES string of the molecule is CCC(C(=O)Nc1cccc(C(=O)/C=C2\NC(C)(C)Cc3ccc(OC)cc32)c1)c1ccccc1. The van der Waals surface area contributed by atoms with Crippen LogP contribution in [0.1, 0.15) is 60.2 Å². The third-order valence-corrected chi connectivity index (χ3v) is 6.33. The molecule has 0 spiro atoms. The average Bonchev–Trinajstić information content (AvgIpc) is 2.84. The van der Waals surface area contributed by atoms with Crippen LogP contribution in [0.15, 0.2) is 78.9 Å². The molecular weight excluding hydrogens is 436 g/mol. The van der Waals surface area contributed by atoms with Crippen molar-refractivity contribution < 1.29 is 14.3 Å². The molecule has 1 aliphatic rings. The number of benzene rings is 3. The lowest BCUT2D eigenvalue weighted by Crippen LogP contribution is -2.43. The lowest BCUT2D eigenvalue weighted by Gasteiger charge is -2.35. The zero-order valence-corrected chi connectivity index (χ0v) is 20.7. The third kappa shape index (κ3) is 5.62. The highest BCUT2D eigenvalue weighted by Crippen LogP contribution is 2.32. The molecule has 0 fully saturated rings. The molecule has 0 aromatic heterocycles. The van der Waals surface area contributed by atoms with Gasteiger partial charge in [0.15, 0.2) is 5.78 Å². The van der Waals surface area contributed by atoms with Gasteiger partial charge in [0.25, 0.3) is 0 Å². The van der Waals surface area contributed by atoms with E-state index in [0.29, 0.717) is 17.7 Å². The summed E-state index contributed by atoms with van der Waals surface area (Å²) in [7, 11) is 1.64. The minimum atomic E-state index is -0.252. The number of carbonyl (C=O) groups is 2. The summed E-state index contributed by atoms with van der Waals surface area (Å²) in [5.41, 5.74) is 4.81. The van der Waals surface area contributed by atoms with Gasteiger partial charge in [-0.25, -0.2) is 0 Å². The summed E-state index contributed by atoms with van der Waals surface area (Å²) in [5, 5.41) is 6.49. The van der Waals surface area contributed by atoms with E-state index in [-0.39, 0.29) is 23.1 Å². The number of ether oxygens (including phenoxy) is 1. The van der Waals surface area contributed by atoms with Crippen molar-refractivity contribution in [3.8, 4) is 5.75 Å². The van der Waals surface area contributed by atoms with Crippen molar-refractivity contribution >= 4 is 23.1 Å². The fraction of sp³-hybridized carbons (Fsp3) is 0.267. The van der Waals surface area contributed by atoms with E-state index in [0.717, 1.165) is 29.0 Å². The van der Waals surface area contributed by atoms with Gasteiger partial charge in [-0.15, -0.1) is 0 Å². The molecule has 2 N–H and O–H groups in total. The maximum Gasteiger partial charge on any atom is 0.231 e. The molecule has 5 nitrogen and oxygen atoms in total. The van der Waals surface area contributed by atoms with Gasteiger partial charge < -0.3 is 15.4 Å². The first-order chi connectivity index (χ1) is 16.8. The standard InChI is InChI=1S/C30H32N2O3/c1-5-25(20-10-7-6-8-11-20)29(34)31-23-13-9-12-21(16-23)28(33)18-27-26-17-24(35-4)15-14-22(26)19-30(2,3)32-27/h6-18,25,32H,5,19H2,1-4H3,(H,31,34)/b27-18-. The number of amides is 1. The molecule has 0 radical (unpaired) electrons. The molecule has 0 saturated heterocycles. The van der Waals surface area contributed by atoms with Gasteiger partial charge in [0, 0.05) is 34.1 Å². The van der Waals surface area contributed by atoms with Crippen molar-refractivity contribution in [1.29, 1.82) is 0 Å². The van der Waals surface area contributed by atoms with Crippen LogP contribution in [0.4, 0.5) is 5.69 Å². The van der Waals surface area contributed by atoms with Crippen molar-refractivity contribution in [3.05, 3.63) is 101 Å². The fourth-order valence-electron chi connectivity index (χ4n) is 4.61. The number of carbonyl (C=O) groups excluding carboxylic acids is 2. The number of anilines is 1. The lowest BCUT2D eigenvalue weighted by molar-refractivity contribution is -0.117. The van der Waals surface area contributed by atoms with E-state index in [4.69, 9.17) is 4.74 Å². The Balaban J connectivity index is 1.58. The van der Waals surface area contributed by atoms with E-state index in [2.05, 4.69) is 30.5 Å². The van der Waals surface area contributed by atoms with E-state index in [1.54, 1.807) is 31.4 Å². The zero-order valence-electron chi connectivity index (χ0n) is 20.7. The van der Waals surface area contributed by atoms with Crippen LogP contribution in [0.3, 0.4) is 0 Å². The molecule has 35 heavy (non-hydrogen) atoms. The summed E-state index contributed by atoms with van der Waals surface area (Å²) in [4.78, 5) is 26.3. The molecule has 1 atom stereocenters. The number of methoxy groups -OCH3 is 1. The smallest absolute Gasteiger partial charge is 0.231 e. The van der Waals surface area contributed by atoms with Gasteiger partial charge in [0.1, 0.15) is 5.75 Å². The van der Waals surface area contributed by atoms with Gasteiger partial charge in [0.2, 0.25) is 5.91 Å². The summed E-state index contributed by atoms with van der Waals surface area (Å²) in [6, 6.07) is 22.8. The molecule has 180 valence electrons. The summed E-state index contributed by atoms with van der Waals surface area (Å²) in [6.45, 7) is 6.23. The molecule has 4 rings (SSSR count). The molecule has 0 saturated carbocycles. The molecule has 1 aliphatic heterocycles. The largest absolute Gasteiger partial charge is 0.497 e. The Kier molecular flexibility index (Phi) is 7.06. The molecule has 3 aromatic carbocycles. The molecule has 1 amide bonds. The van der Waals surface area contributed by atoms with Crippen molar-refractivity contribution in [2.45, 2.75) is 45.1 Å². The van der Waals surface area contributed by atoms with E-state index in [1.807, 2.05) is 55.5 Å². The average molecular weight is 469 g/mol. The van der Waals surface area contributed by atoms with Crippen LogP contribution in [0.2, 0.25) is 0 Å². The first-order valence-corrected chi connectivity index (χ1v) is 12.0. The fourth-order valence-corrected chi connectivity index (χ4v) is 4.61. The highest BCUT2D eigenvalue weighted by atomic mass is 16.5. The van der Waals surface area contributed by atoms with Gasteiger partial charge in [-0.1, -0.05) is 55.5 Å². The Labute approximate surface area is 207 Å². The first-order valence-electron chi connectivity index (χ1n) is 12.0. The lowest BCUT2D eigenvalue weighted by atomic mass is 9.85. The molecule has 1 heterocycles. The summed E-state index contributed by atoms with van der Waals surface area (Å²) >= 11 is 0. The predicted molar refractivity (Wildman–Crippen MR) is 141 cm³/mol. The number of fused-ring (bicyclic) bond motifs is 1. The zero-order chi connectivity index (χ0) is 25.0. The number of hydrogen-bond donors (Lipinski definition) is 2. The number of rotatable bonds is 7. The third-order valence-electron chi connectivity index (χ3n) is 6.33. The second-order valence-electron chi connectivity index (χ2n) is 9.57. The van der Waals surface area contributed by atoms with E-state index in [1.165, 1.54) is 5.56 Å². The number of allylic oxidation sites excluding steroid dienone is 1. The summed E-state index contributed by atoms with van der Waals surface area (Å²) in [6.07, 6.45) is 3.17. The van der Waals surface area contributed by atoms with E-state index in [9.17, 15) is 9.59 Å². The minimum absolute atomic E-state index is 0.0848.